The monoisotopic (exact) mass is 283 g/mol. The Hall–Kier alpha value is -2.40. The zero-order chi connectivity index (χ0) is 14.7. The normalized spacial score (nSPS) is 11.1. The smallest absolute Gasteiger partial charge is 0.143 e. The van der Waals surface area contributed by atoms with Crippen LogP contribution in [0.25, 0.3) is 22.4 Å². The number of imidazole rings is 1. The number of phenolic OH excluding ortho intramolecular Hbond substituents is 1. The van der Waals surface area contributed by atoms with E-state index < -0.39 is 0 Å². The van der Waals surface area contributed by atoms with Crippen LogP contribution in [0.4, 0.5) is 0 Å². The van der Waals surface area contributed by atoms with Crippen molar-refractivity contribution >= 4 is 11.0 Å². The number of aromatic hydroxyl groups is 1. The summed E-state index contributed by atoms with van der Waals surface area (Å²) in [4.78, 5) is 8.65. The number of ether oxygens (including phenoxy) is 1. The van der Waals surface area contributed by atoms with Crippen LogP contribution in [0.5, 0.6) is 5.75 Å². The van der Waals surface area contributed by atoms with Crippen LogP contribution in [0.1, 0.15) is 6.42 Å². The number of rotatable bonds is 5. The Labute approximate surface area is 122 Å². The Kier molecular flexibility index (Phi) is 3.83. The van der Waals surface area contributed by atoms with E-state index in [0.29, 0.717) is 12.1 Å². The topological polar surface area (TPSA) is 60.2 Å². The van der Waals surface area contributed by atoms with E-state index in [1.165, 1.54) is 0 Å². The van der Waals surface area contributed by atoms with Crippen LogP contribution in [-0.4, -0.2) is 33.4 Å². The van der Waals surface area contributed by atoms with Gasteiger partial charge in [-0.3, -0.25) is 4.98 Å². The summed E-state index contributed by atoms with van der Waals surface area (Å²) in [5.74, 6) is 1.04. The van der Waals surface area contributed by atoms with Crippen LogP contribution < -0.4 is 0 Å². The van der Waals surface area contributed by atoms with Crippen LogP contribution in [0.2, 0.25) is 0 Å². The number of pyridine rings is 1. The second-order valence-corrected chi connectivity index (χ2v) is 4.81. The Bertz CT molecular complexity index is 738. The summed E-state index contributed by atoms with van der Waals surface area (Å²) in [6, 6.07) is 9.31. The van der Waals surface area contributed by atoms with Gasteiger partial charge in [-0.25, -0.2) is 4.98 Å². The van der Waals surface area contributed by atoms with Crippen LogP contribution in [0.15, 0.2) is 42.7 Å². The van der Waals surface area contributed by atoms with Gasteiger partial charge in [-0.15, -0.1) is 0 Å². The summed E-state index contributed by atoms with van der Waals surface area (Å²) in [7, 11) is 1.70. The predicted octanol–water partition coefficient (Wildman–Crippen LogP) is 2.84. The van der Waals surface area contributed by atoms with Crippen molar-refractivity contribution in [2.75, 3.05) is 13.7 Å². The zero-order valence-electron chi connectivity index (χ0n) is 11.9. The molecule has 0 saturated carbocycles. The third-order valence-corrected chi connectivity index (χ3v) is 3.43. The maximum atomic E-state index is 10.0. The minimum atomic E-state index is 0.202. The van der Waals surface area contributed by atoms with Crippen molar-refractivity contribution in [3.63, 3.8) is 0 Å². The van der Waals surface area contributed by atoms with Gasteiger partial charge in [0, 0.05) is 38.2 Å². The summed E-state index contributed by atoms with van der Waals surface area (Å²) >= 11 is 0. The molecular formula is C16H17N3O2. The van der Waals surface area contributed by atoms with Gasteiger partial charge in [-0.05, 0) is 30.7 Å². The molecule has 0 fully saturated rings. The number of para-hydroxylation sites is 1. The van der Waals surface area contributed by atoms with E-state index in [2.05, 4.69) is 14.5 Å². The number of benzene rings is 1. The van der Waals surface area contributed by atoms with Gasteiger partial charge in [0.15, 0.2) is 0 Å². The third kappa shape index (κ3) is 2.60. The van der Waals surface area contributed by atoms with Crippen LogP contribution >= 0.6 is 0 Å². The minimum absolute atomic E-state index is 0.202. The molecule has 5 nitrogen and oxygen atoms in total. The molecule has 108 valence electrons. The lowest BCUT2D eigenvalue weighted by Crippen LogP contribution is -2.03. The van der Waals surface area contributed by atoms with Crippen molar-refractivity contribution < 1.29 is 9.84 Å². The zero-order valence-corrected chi connectivity index (χ0v) is 11.9. The molecule has 21 heavy (non-hydrogen) atoms. The van der Waals surface area contributed by atoms with Crippen LogP contribution in [0.3, 0.4) is 0 Å². The van der Waals surface area contributed by atoms with E-state index in [1.54, 1.807) is 25.6 Å². The average molecular weight is 283 g/mol. The summed E-state index contributed by atoms with van der Waals surface area (Å²) < 4.78 is 7.24. The Morgan fingerprint density at radius 2 is 2.00 bits per heavy atom. The number of hydrogen-bond acceptors (Lipinski definition) is 4. The highest BCUT2D eigenvalue weighted by atomic mass is 16.5. The van der Waals surface area contributed by atoms with Gasteiger partial charge < -0.3 is 14.4 Å². The Balaban J connectivity index is 2.13. The van der Waals surface area contributed by atoms with Gasteiger partial charge in [0.2, 0.25) is 0 Å². The molecular weight excluding hydrogens is 266 g/mol. The second kappa shape index (κ2) is 5.93. The fraction of sp³-hybridized carbons (Fsp3) is 0.250. The molecule has 0 saturated heterocycles. The number of nitrogens with zero attached hydrogens (tertiary/aromatic N) is 3. The molecule has 2 heterocycles. The molecule has 2 aromatic heterocycles. The molecule has 0 aliphatic carbocycles. The highest BCUT2D eigenvalue weighted by Crippen LogP contribution is 2.29. The summed E-state index contributed by atoms with van der Waals surface area (Å²) in [5, 5.41) is 10.0. The molecule has 1 aromatic carbocycles. The lowest BCUT2D eigenvalue weighted by molar-refractivity contribution is 0.191. The molecule has 0 atom stereocenters. The molecule has 0 aliphatic heterocycles. The first kappa shape index (κ1) is 13.6. The lowest BCUT2D eigenvalue weighted by Gasteiger charge is -2.09. The van der Waals surface area contributed by atoms with E-state index in [1.807, 2.05) is 24.3 Å². The molecule has 3 aromatic rings. The van der Waals surface area contributed by atoms with Gasteiger partial charge in [0.1, 0.15) is 17.1 Å². The van der Waals surface area contributed by atoms with E-state index in [4.69, 9.17) is 4.74 Å². The first-order valence-corrected chi connectivity index (χ1v) is 6.89. The molecule has 0 spiro atoms. The fourth-order valence-corrected chi connectivity index (χ4v) is 2.45. The summed E-state index contributed by atoms with van der Waals surface area (Å²) in [5.41, 5.74) is 2.54. The number of hydrogen-bond donors (Lipinski definition) is 1. The highest BCUT2D eigenvalue weighted by Gasteiger charge is 2.14. The van der Waals surface area contributed by atoms with E-state index in [9.17, 15) is 5.11 Å². The maximum Gasteiger partial charge on any atom is 0.143 e. The van der Waals surface area contributed by atoms with Gasteiger partial charge in [0.05, 0.1) is 5.52 Å². The standard InChI is InChI=1S/C16H17N3O2/c1-21-11-3-10-19-13-4-2-5-14(20)15(13)18-16(19)12-6-8-17-9-7-12/h2,4-9,20H,3,10-11H2,1H3. The van der Waals surface area contributed by atoms with Crippen molar-refractivity contribution in [2.24, 2.45) is 0 Å². The molecule has 0 aliphatic rings. The predicted molar refractivity (Wildman–Crippen MR) is 81.1 cm³/mol. The second-order valence-electron chi connectivity index (χ2n) is 4.81. The largest absolute Gasteiger partial charge is 0.506 e. The van der Waals surface area contributed by atoms with Crippen molar-refractivity contribution in [3.8, 4) is 17.1 Å². The number of aromatic nitrogens is 3. The van der Waals surface area contributed by atoms with Crippen molar-refractivity contribution in [1.29, 1.82) is 0 Å². The first-order chi connectivity index (χ1) is 10.3. The Morgan fingerprint density at radius 1 is 1.19 bits per heavy atom. The molecule has 5 heteroatoms. The summed E-state index contributed by atoms with van der Waals surface area (Å²) in [6.07, 6.45) is 4.37. The van der Waals surface area contributed by atoms with E-state index >= 15 is 0 Å². The number of fused-ring (bicyclic) bond motifs is 1. The number of aryl methyl sites for hydroxylation is 1. The lowest BCUT2D eigenvalue weighted by atomic mass is 10.2. The van der Waals surface area contributed by atoms with E-state index in [-0.39, 0.29) is 5.75 Å². The van der Waals surface area contributed by atoms with Gasteiger partial charge in [-0.1, -0.05) is 6.07 Å². The molecule has 3 rings (SSSR count). The molecule has 0 bridgehead atoms. The number of phenols is 1. The fourth-order valence-electron chi connectivity index (χ4n) is 2.45. The van der Waals surface area contributed by atoms with Crippen molar-refractivity contribution in [3.05, 3.63) is 42.7 Å². The SMILES string of the molecule is COCCCn1c(-c2ccncc2)nc2c(O)cccc21. The minimum Gasteiger partial charge on any atom is -0.506 e. The molecule has 0 unspecified atom stereocenters. The highest BCUT2D eigenvalue weighted by molar-refractivity contribution is 5.85. The quantitative estimate of drug-likeness (QED) is 0.731. The molecule has 1 N–H and O–H groups in total. The third-order valence-electron chi connectivity index (χ3n) is 3.43. The van der Waals surface area contributed by atoms with Crippen LogP contribution in [-0.2, 0) is 11.3 Å². The number of methoxy groups -OCH3 is 1. The van der Waals surface area contributed by atoms with Gasteiger partial charge >= 0.3 is 0 Å². The summed E-state index contributed by atoms with van der Waals surface area (Å²) in [6.45, 7) is 1.47. The van der Waals surface area contributed by atoms with E-state index in [0.717, 1.165) is 29.9 Å². The first-order valence-electron chi connectivity index (χ1n) is 6.89. The van der Waals surface area contributed by atoms with Gasteiger partial charge in [-0.2, -0.15) is 0 Å². The van der Waals surface area contributed by atoms with Crippen LogP contribution in [0, 0.1) is 0 Å². The van der Waals surface area contributed by atoms with Gasteiger partial charge in [0.25, 0.3) is 0 Å². The van der Waals surface area contributed by atoms with Crippen molar-refractivity contribution in [1.82, 2.24) is 14.5 Å². The maximum absolute atomic E-state index is 10.0. The molecule has 0 amide bonds. The molecule has 0 radical (unpaired) electrons. The average Bonchev–Trinajstić information content (AvgIpc) is 2.89. The van der Waals surface area contributed by atoms with Crippen molar-refractivity contribution in [2.45, 2.75) is 13.0 Å². The Morgan fingerprint density at radius 3 is 2.76 bits per heavy atom.